The number of urea groups is 1. The molecule has 5 N–H and O–H groups in total. The molecule has 2 aliphatic rings. The Morgan fingerprint density at radius 2 is 1.24 bits per heavy atom. The van der Waals surface area contributed by atoms with Crippen molar-refractivity contribution < 1.29 is 42.2 Å². The van der Waals surface area contributed by atoms with Crippen LogP contribution in [0.4, 0.5) is 36.3 Å². The second-order valence-electron chi connectivity index (χ2n) is 20.3. The van der Waals surface area contributed by atoms with Crippen LogP contribution in [0.1, 0.15) is 79.8 Å². The molecule has 0 atom stereocenters. The third-order valence-corrected chi connectivity index (χ3v) is 14.1. The standard InChI is InChI=1S/C30H37N3O3.C28H31FN4O3.C7H4FNO/c1-21-7-9-25(29(17-21)35-4)20-33(16-15-32-13-5-6-14-32)30(34)24-10-12-28(27(31)19-24)36-26-11-8-22(2)23(3)18-26;1-19-8-10-24(16-20(19)2)36-26-11-9-21(27(34)30-12-15-33-13-3-4-14-33)17-25(26)32-28(35)31-23-7-5-6-22(29)18-23;8-6-2-1-3-7(4-6)9-5-10/h7-12,17-19H,5-6,13-16,20,31H2,1-4H3;5-11,16-18H,3-4,12-15H2,1-2H3,(H,30,34)(H2,31,32,35);1-4H. The van der Waals surface area contributed by atoms with Gasteiger partial charge in [-0.05, 0) is 211 Å². The van der Waals surface area contributed by atoms with Gasteiger partial charge < -0.3 is 50.6 Å². The van der Waals surface area contributed by atoms with Crippen molar-refractivity contribution in [2.24, 2.45) is 4.99 Å². The van der Waals surface area contributed by atoms with E-state index in [9.17, 15) is 28.0 Å². The fourth-order valence-electron chi connectivity index (χ4n) is 9.22. The molecule has 82 heavy (non-hydrogen) atoms. The van der Waals surface area contributed by atoms with Crippen LogP contribution >= 0.6 is 0 Å². The molecule has 7 aromatic carbocycles. The molecule has 2 fully saturated rings. The summed E-state index contributed by atoms with van der Waals surface area (Å²) in [6, 6.07) is 38.4. The molecule has 428 valence electrons. The molecular weight excluding hydrogens is 1040 g/mol. The third kappa shape index (κ3) is 18.3. The zero-order valence-corrected chi connectivity index (χ0v) is 47.5. The molecule has 0 spiro atoms. The van der Waals surface area contributed by atoms with Crippen LogP contribution < -0.4 is 35.9 Å². The molecule has 0 unspecified atom stereocenters. The largest absolute Gasteiger partial charge is 0.496 e. The van der Waals surface area contributed by atoms with Crippen LogP contribution in [0.25, 0.3) is 0 Å². The first-order valence-corrected chi connectivity index (χ1v) is 27.4. The van der Waals surface area contributed by atoms with Gasteiger partial charge >= 0.3 is 6.03 Å². The van der Waals surface area contributed by atoms with E-state index in [1.807, 2.05) is 81.1 Å². The minimum absolute atomic E-state index is 0.0544. The van der Waals surface area contributed by atoms with Crippen molar-refractivity contribution in [2.75, 3.05) is 75.8 Å². The number of rotatable bonds is 18. The number of amides is 4. The molecule has 0 saturated carbocycles. The predicted octanol–water partition coefficient (Wildman–Crippen LogP) is 13.2. The van der Waals surface area contributed by atoms with Gasteiger partial charge in [-0.2, -0.15) is 4.99 Å². The molecule has 2 aliphatic heterocycles. The van der Waals surface area contributed by atoms with E-state index in [1.165, 1.54) is 73.7 Å². The average Bonchev–Trinajstić information content (AvgIpc) is 4.33. The molecule has 15 nitrogen and oxygen atoms in total. The van der Waals surface area contributed by atoms with Gasteiger partial charge in [0.15, 0.2) is 5.75 Å². The van der Waals surface area contributed by atoms with Crippen LogP contribution in [0.2, 0.25) is 0 Å². The van der Waals surface area contributed by atoms with Gasteiger partial charge in [0.25, 0.3) is 11.8 Å². The maximum Gasteiger partial charge on any atom is 0.323 e. The second-order valence-corrected chi connectivity index (χ2v) is 20.3. The summed E-state index contributed by atoms with van der Waals surface area (Å²) in [6.45, 7) is 17.8. The monoisotopic (exact) mass is 1110 g/mol. The lowest BCUT2D eigenvalue weighted by atomic mass is 10.1. The fraction of sp³-hybridized carbons (Fsp3) is 0.292. The number of halogens is 2. The first-order valence-electron chi connectivity index (χ1n) is 27.4. The number of carbonyl (C=O) groups is 3. The lowest BCUT2D eigenvalue weighted by Gasteiger charge is -2.27. The summed E-state index contributed by atoms with van der Waals surface area (Å²) >= 11 is 0. The molecule has 0 bridgehead atoms. The minimum atomic E-state index is -0.586. The van der Waals surface area contributed by atoms with Gasteiger partial charge in [-0.25, -0.2) is 18.4 Å². The van der Waals surface area contributed by atoms with E-state index in [0.29, 0.717) is 65.1 Å². The second kappa shape index (κ2) is 30.1. The summed E-state index contributed by atoms with van der Waals surface area (Å²) in [7, 11) is 1.67. The highest BCUT2D eigenvalue weighted by Gasteiger charge is 2.22. The number of ether oxygens (including phenoxy) is 3. The van der Waals surface area contributed by atoms with E-state index in [2.05, 4.69) is 43.7 Å². The molecule has 0 aromatic heterocycles. The molecule has 4 amide bonds. The third-order valence-electron chi connectivity index (χ3n) is 14.1. The van der Waals surface area contributed by atoms with Gasteiger partial charge in [0, 0.05) is 61.2 Å². The molecule has 0 aliphatic carbocycles. The topological polar surface area (TPSA) is 180 Å². The summed E-state index contributed by atoms with van der Waals surface area (Å²) in [5.74, 6) is 1.89. The fourth-order valence-corrected chi connectivity index (χ4v) is 9.22. The maximum atomic E-state index is 13.7. The van der Waals surface area contributed by atoms with Crippen molar-refractivity contribution in [3.05, 3.63) is 196 Å². The van der Waals surface area contributed by atoms with E-state index in [0.717, 1.165) is 84.7 Å². The Balaban J connectivity index is 0.000000202. The van der Waals surface area contributed by atoms with Crippen LogP contribution in [0, 0.1) is 46.3 Å². The Morgan fingerprint density at radius 1 is 0.634 bits per heavy atom. The average molecular weight is 1120 g/mol. The molecule has 17 heteroatoms. The number of nitrogens with zero attached hydrogens (tertiary/aromatic N) is 4. The van der Waals surface area contributed by atoms with E-state index in [4.69, 9.17) is 19.9 Å². The van der Waals surface area contributed by atoms with E-state index in [-0.39, 0.29) is 17.5 Å². The SMILES string of the molecule is COc1cc(C)ccc1CN(CCN1CCCC1)C(=O)c1ccc(Oc2ccc(C)c(C)c2)c(N)c1.Cc1ccc(Oc2ccc(C(=O)NCCN3CCCC3)cc2NC(=O)Nc2cccc(F)c2)cc1C.O=C=Nc1cccc(F)c1. The Kier molecular flexibility index (Phi) is 22.3. The van der Waals surface area contributed by atoms with Crippen LogP contribution in [0.5, 0.6) is 28.7 Å². The highest BCUT2D eigenvalue weighted by Crippen LogP contribution is 2.33. The summed E-state index contributed by atoms with van der Waals surface area (Å²) in [6.07, 6.45) is 6.15. The Labute approximate surface area is 479 Å². The smallest absolute Gasteiger partial charge is 0.323 e. The van der Waals surface area contributed by atoms with E-state index < -0.39 is 17.7 Å². The summed E-state index contributed by atoms with van der Waals surface area (Å²) < 4.78 is 43.5. The summed E-state index contributed by atoms with van der Waals surface area (Å²) in [5.41, 5.74) is 15.3. The van der Waals surface area contributed by atoms with Crippen molar-refractivity contribution in [3.8, 4) is 28.7 Å². The van der Waals surface area contributed by atoms with Gasteiger partial charge in [-0.3, -0.25) is 9.59 Å². The highest BCUT2D eigenvalue weighted by atomic mass is 19.1. The number of carbonyl (C=O) groups excluding carboxylic acids is 4. The Morgan fingerprint density at radius 3 is 1.85 bits per heavy atom. The number of anilines is 3. The van der Waals surface area contributed by atoms with Gasteiger partial charge in [0.05, 0.1) is 24.2 Å². The van der Waals surface area contributed by atoms with Gasteiger partial charge in [-0.15, -0.1) is 0 Å². The van der Waals surface area contributed by atoms with Crippen molar-refractivity contribution in [1.29, 1.82) is 0 Å². The first kappa shape index (κ1) is 60.7. The number of hydrogen-bond acceptors (Lipinski definition) is 11. The number of isocyanates is 1. The number of nitrogen functional groups attached to an aromatic ring is 1. The molecular formula is C65H72F2N8O7. The van der Waals surface area contributed by atoms with E-state index >= 15 is 0 Å². The van der Waals surface area contributed by atoms with Crippen LogP contribution in [-0.4, -0.2) is 98.1 Å². The number of methoxy groups -OCH3 is 1. The van der Waals surface area contributed by atoms with Gasteiger partial charge in [0.2, 0.25) is 6.08 Å². The molecule has 9 rings (SSSR count). The number of nitrogens with two attached hydrogens (primary N) is 1. The quantitative estimate of drug-likeness (QED) is 0.0367. The summed E-state index contributed by atoms with van der Waals surface area (Å²) in [4.78, 5) is 58.7. The molecule has 2 saturated heterocycles. The van der Waals surface area contributed by atoms with Crippen molar-refractivity contribution in [2.45, 2.75) is 66.8 Å². The summed E-state index contributed by atoms with van der Waals surface area (Å²) in [5, 5.41) is 8.28. The van der Waals surface area contributed by atoms with E-state index in [1.54, 1.807) is 49.6 Å². The zero-order valence-electron chi connectivity index (χ0n) is 47.5. The van der Waals surface area contributed by atoms with Crippen LogP contribution in [-0.2, 0) is 11.3 Å². The molecule has 7 aromatic rings. The molecule has 0 radical (unpaired) electrons. The number of aliphatic imine (C=N–C) groups is 1. The van der Waals surface area contributed by atoms with Crippen molar-refractivity contribution in [3.63, 3.8) is 0 Å². The highest BCUT2D eigenvalue weighted by molar-refractivity contribution is 6.02. The number of nitrogens with one attached hydrogen (secondary N) is 3. The maximum absolute atomic E-state index is 13.7. The van der Waals surface area contributed by atoms with Crippen molar-refractivity contribution in [1.82, 2.24) is 20.0 Å². The normalized spacial score (nSPS) is 12.8. The number of likely N-dealkylation sites (tertiary alicyclic amines) is 2. The lowest BCUT2D eigenvalue weighted by molar-refractivity contribution is 0.0725. The van der Waals surface area contributed by atoms with Gasteiger partial charge in [0.1, 0.15) is 34.6 Å². The Bertz CT molecular complexity index is 3380. The minimum Gasteiger partial charge on any atom is -0.496 e. The van der Waals surface area contributed by atoms with Crippen LogP contribution in [0.3, 0.4) is 0 Å². The number of benzene rings is 7. The number of aryl methyl sites for hydroxylation is 5. The Hall–Kier alpha value is -8.89. The van der Waals surface area contributed by atoms with Crippen molar-refractivity contribution >= 4 is 46.7 Å². The first-order chi connectivity index (χ1) is 39.5. The van der Waals surface area contributed by atoms with Gasteiger partial charge in [-0.1, -0.05) is 36.4 Å². The zero-order chi connectivity index (χ0) is 58.5. The lowest BCUT2D eigenvalue weighted by Crippen LogP contribution is -2.37. The predicted molar refractivity (Wildman–Crippen MR) is 319 cm³/mol. The number of hydrogen-bond donors (Lipinski definition) is 4. The molecule has 2 heterocycles. The van der Waals surface area contributed by atoms with Crippen LogP contribution in [0.15, 0.2) is 145 Å².